The van der Waals surface area contributed by atoms with Crippen molar-refractivity contribution in [1.82, 2.24) is 10.2 Å². The molecule has 0 saturated carbocycles. The maximum Gasteiger partial charge on any atom is 0.220 e. The summed E-state index contributed by atoms with van der Waals surface area (Å²) >= 11 is 0. The Bertz CT molecular complexity index is 320. The van der Waals surface area contributed by atoms with E-state index in [9.17, 15) is 4.79 Å². The summed E-state index contributed by atoms with van der Waals surface area (Å²) in [6.45, 7) is 6.18. The molecule has 0 aliphatic carbocycles. The molecule has 3 nitrogen and oxygen atoms in total. The fourth-order valence-electron chi connectivity index (χ4n) is 3.78. The molecule has 3 heteroatoms. The SMILES string of the molecule is CCCCCCCCCCCCCCCCCCCC(=O)NCN(C)CCC. The lowest BCUT2D eigenvalue weighted by molar-refractivity contribution is -0.121. The molecular weight excluding hydrogens is 344 g/mol. The van der Waals surface area contributed by atoms with Gasteiger partial charge in [-0.25, -0.2) is 0 Å². The Labute approximate surface area is 177 Å². The van der Waals surface area contributed by atoms with E-state index in [2.05, 4.69) is 31.1 Å². The number of hydrogen-bond acceptors (Lipinski definition) is 2. The summed E-state index contributed by atoms with van der Waals surface area (Å²) in [4.78, 5) is 13.9. The highest BCUT2D eigenvalue weighted by atomic mass is 16.1. The molecule has 168 valence electrons. The molecule has 28 heavy (non-hydrogen) atoms. The van der Waals surface area contributed by atoms with Crippen LogP contribution < -0.4 is 5.32 Å². The lowest BCUT2D eigenvalue weighted by atomic mass is 10.0. The molecule has 0 aromatic carbocycles. The maximum atomic E-state index is 11.8. The van der Waals surface area contributed by atoms with Crippen molar-refractivity contribution >= 4 is 5.91 Å². The average molecular weight is 397 g/mol. The molecule has 1 amide bonds. The van der Waals surface area contributed by atoms with Gasteiger partial charge < -0.3 is 5.32 Å². The van der Waals surface area contributed by atoms with E-state index in [0.29, 0.717) is 13.1 Å². The molecule has 0 rings (SSSR count). The molecule has 0 saturated heterocycles. The van der Waals surface area contributed by atoms with Crippen molar-refractivity contribution in [1.29, 1.82) is 0 Å². The van der Waals surface area contributed by atoms with Gasteiger partial charge in [-0.1, -0.05) is 117 Å². The fraction of sp³-hybridized carbons (Fsp3) is 0.960. The van der Waals surface area contributed by atoms with Gasteiger partial charge in [0, 0.05) is 6.42 Å². The quantitative estimate of drug-likeness (QED) is 0.152. The number of hydrogen-bond donors (Lipinski definition) is 1. The first kappa shape index (κ1) is 27.4. The molecule has 0 aromatic heterocycles. The van der Waals surface area contributed by atoms with E-state index in [4.69, 9.17) is 0 Å². The topological polar surface area (TPSA) is 32.3 Å². The Hall–Kier alpha value is -0.570. The summed E-state index contributed by atoms with van der Waals surface area (Å²) in [6, 6.07) is 0. The number of amides is 1. The Morgan fingerprint density at radius 1 is 0.607 bits per heavy atom. The van der Waals surface area contributed by atoms with E-state index < -0.39 is 0 Å². The van der Waals surface area contributed by atoms with E-state index >= 15 is 0 Å². The van der Waals surface area contributed by atoms with Crippen LogP contribution in [0.15, 0.2) is 0 Å². The molecule has 0 heterocycles. The standard InChI is InChI=1S/C25H52N2O/c1-4-6-7-8-9-10-11-12-13-14-15-16-17-18-19-20-21-22-25(28)26-24-27(3)23-5-2/h4-24H2,1-3H3,(H,26,28). The Morgan fingerprint density at radius 3 is 1.39 bits per heavy atom. The van der Waals surface area contributed by atoms with Gasteiger partial charge in [0.15, 0.2) is 0 Å². The average Bonchev–Trinajstić information content (AvgIpc) is 2.69. The van der Waals surface area contributed by atoms with Crippen molar-refractivity contribution in [3.05, 3.63) is 0 Å². The zero-order valence-corrected chi connectivity index (χ0v) is 19.7. The number of carbonyl (C=O) groups excluding carboxylic acids is 1. The predicted octanol–water partition coefficient (Wildman–Crippen LogP) is 7.44. The van der Waals surface area contributed by atoms with Gasteiger partial charge in [-0.15, -0.1) is 0 Å². The zero-order valence-electron chi connectivity index (χ0n) is 19.7. The van der Waals surface area contributed by atoms with Crippen LogP contribution in [-0.2, 0) is 4.79 Å². The van der Waals surface area contributed by atoms with Gasteiger partial charge in [-0.05, 0) is 26.4 Å². The number of nitrogens with zero attached hydrogens (tertiary/aromatic N) is 1. The van der Waals surface area contributed by atoms with Crippen molar-refractivity contribution in [2.24, 2.45) is 0 Å². The third-order valence-electron chi connectivity index (χ3n) is 5.66. The minimum absolute atomic E-state index is 0.212. The minimum Gasteiger partial charge on any atom is -0.343 e. The van der Waals surface area contributed by atoms with Gasteiger partial charge in [-0.2, -0.15) is 0 Å². The van der Waals surface area contributed by atoms with Crippen LogP contribution >= 0.6 is 0 Å². The van der Waals surface area contributed by atoms with Crippen LogP contribution in [0, 0.1) is 0 Å². The molecule has 0 spiro atoms. The largest absolute Gasteiger partial charge is 0.343 e. The van der Waals surface area contributed by atoms with Gasteiger partial charge in [-0.3, -0.25) is 9.69 Å². The summed E-state index contributed by atoms with van der Waals surface area (Å²) in [6.07, 6.45) is 25.3. The first-order valence-corrected chi connectivity index (χ1v) is 12.7. The summed E-state index contributed by atoms with van der Waals surface area (Å²) in [5.74, 6) is 0.212. The van der Waals surface area contributed by atoms with E-state index in [1.54, 1.807) is 0 Å². The fourth-order valence-corrected chi connectivity index (χ4v) is 3.78. The van der Waals surface area contributed by atoms with Crippen molar-refractivity contribution in [2.45, 2.75) is 136 Å². The molecule has 0 aliphatic rings. The molecule has 0 unspecified atom stereocenters. The molecule has 0 fully saturated rings. The van der Waals surface area contributed by atoms with Crippen molar-refractivity contribution in [2.75, 3.05) is 20.3 Å². The second kappa shape index (κ2) is 22.7. The summed E-state index contributed by atoms with van der Waals surface area (Å²) < 4.78 is 0. The van der Waals surface area contributed by atoms with Gasteiger partial charge in [0.05, 0.1) is 6.67 Å². The Balaban J connectivity index is 3.14. The van der Waals surface area contributed by atoms with Crippen LogP contribution in [0.25, 0.3) is 0 Å². The second-order valence-corrected chi connectivity index (χ2v) is 8.74. The second-order valence-electron chi connectivity index (χ2n) is 8.74. The van der Waals surface area contributed by atoms with E-state index in [0.717, 1.165) is 19.4 Å². The van der Waals surface area contributed by atoms with Crippen molar-refractivity contribution in [3.63, 3.8) is 0 Å². The van der Waals surface area contributed by atoms with Gasteiger partial charge in [0.2, 0.25) is 5.91 Å². The molecule has 0 aliphatic heterocycles. The van der Waals surface area contributed by atoms with Crippen molar-refractivity contribution in [3.8, 4) is 0 Å². The molecular formula is C25H52N2O. The monoisotopic (exact) mass is 396 g/mol. The van der Waals surface area contributed by atoms with Crippen LogP contribution in [0.2, 0.25) is 0 Å². The number of nitrogens with one attached hydrogen (secondary N) is 1. The highest BCUT2D eigenvalue weighted by molar-refractivity contribution is 5.75. The zero-order chi connectivity index (χ0) is 20.7. The summed E-state index contributed by atoms with van der Waals surface area (Å²) in [5, 5.41) is 3.01. The summed E-state index contributed by atoms with van der Waals surface area (Å²) in [7, 11) is 2.05. The van der Waals surface area contributed by atoms with Gasteiger partial charge in [0.1, 0.15) is 0 Å². The van der Waals surface area contributed by atoms with Gasteiger partial charge in [0.25, 0.3) is 0 Å². The van der Waals surface area contributed by atoms with Crippen LogP contribution in [-0.4, -0.2) is 31.1 Å². The first-order valence-electron chi connectivity index (χ1n) is 12.7. The Kier molecular flexibility index (Phi) is 22.3. The van der Waals surface area contributed by atoms with E-state index in [1.807, 2.05) is 0 Å². The smallest absolute Gasteiger partial charge is 0.220 e. The third kappa shape index (κ3) is 21.7. The van der Waals surface area contributed by atoms with Crippen LogP contribution in [0.3, 0.4) is 0 Å². The highest BCUT2D eigenvalue weighted by Gasteiger charge is 2.02. The summed E-state index contributed by atoms with van der Waals surface area (Å²) in [5.41, 5.74) is 0. The molecule has 0 radical (unpaired) electrons. The van der Waals surface area contributed by atoms with Crippen LogP contribution in [0.4, 0.5) is 0 Å². The molecule has 0 atom stereocenters. The van der Waals surface area contributed by atoms with Crippen LogP contribution in [0.1, 0.15) is 136 Å². The number of unbranched alkanes of at least 4 members (excludes halogenated alkanes) is 16. The normalized spacial score (nSPS) is 11.3. The van der Waals surface area contributed by atoms with E-state index in [-0.39, 0.29) is 5.91 Å². The van der Waals surface area contributed by atoms with Gasteiger partial charge >= 0.3 is 0 Å². The number of carbonyl (C=O) groups is 1. The van der Waals surface area contributed by atoms with E-state index in [1.165, 1.54) is 103 Å². The predicted molar refractivity (Wildman–Crippen MR) is 125 cm³/mol. The third-order valence-corrected chi connectivity index (χ3v) is 5.66. The lowest BCUT2D eigenvalue weighted by Gasteiger charge is -2.16. The number of rotatable bonds is 22. The lowest BCUT2D eigenvalue weighted by Crippen LogP contribution is -2.35. The minimum atomic E-state index is 0.212. The molecule has 0 bridgehead atoms. The molecule has 1 N–H and O–H groups in total. The van der Waals surface area contributed by atoms with Crippen LogP contribution in [0.5, 0.6) is 0 Å². The van der Waals surface area contributed by atoms with Crippen molar-refractivity contribution < 1.29 is 4.79 Å². The first-order chi connectivity index (χ1) is 13.7. The maximum absolute atomic E-state index is 11.8. The Morgan fingerprint density at radius 2 is 1.00 bits per heavy atom. The molecule has 0 aromatic rings. The highest BCUT2D eigenvalue weighted by Crippen LogP contribution is 2.14.